The summed E-state index contributed by atoms with van der Waals surface area (Å²) in [4.78, 5) is 15.1. The van der Waals surface area contributed by atoms with Crippen LogP contribution in [0.4, 0.5) is 0 Å². The molecule has 2 nitrogen and oxygen atoms in total. The summed E-state index contributed by atoms with van der Waals surface area (Å²) in [5.74, 6) is 0.0686. The normalized spacial score (nSPS) is 10.8. The van der Waals surface area contributed by atoms with Crippen molar-refractivity contribution in [1.29, 1.82) is 0 Å². The average molecular weight is 360 g/mol. The Balaban J connectivity index is 1.78. The van der Waals surface area contributed by atoms with Crippen molar-refractivity contribution in [3.63, 3.8) is 0 Å². The molecule has 1 amide bonds. The molecule has 0 aliphatic carbocycles. The zero-order valence-electron chi connectivity index (χ0n) is 11.5. The Morgan fingerprint density at radius 3 is 2.57 bits per heavy atom. The van der Waals surface area contributed by atoms with Gasteiger partial charge in [0.2, 0.25) is 0 Å². The summed E-state index contributed by atoms with van der Waals surface area (Å²) >= 11 is 4.97. The molecule has 2 aromatic carbocycles. The van der Waals surface area contributed by atoms with Crippen molar-refractivity contribution in [3.8, 4) is 0 Å². The Bertz CT molecular complexity index is 746. The lowest BCUT2D eigenvalue weighted by molar-refractivity contribution is 0.0790. The van der Waals surface area contributed by atoms with Crippen LogP contribution in [0, 0.1) is 0 Å². The number of benzene rings is 2. The van der Waals surface area contributed by atoms with Crippen molar-refractivity contribution in [1.82, 2.24) is 4.90 Å². The molecular formula is C17H14BrNOS. The van der Waals surface area contributed by atoms with Gasteiger partial charge < -0.3 is 4.90 Å². The molecule has 0 radical (unpaired) electrons. The molecular weight excluding hydrogens is 346 g/mol. The molecule has 0 aliphatic heterocycles. The van der Waals surface area contributed by atoms with E-state index in [1.165, 1.54) is 0 Å². The number of fused-ring (bicyclic) bond motifs is 1. The second-order valence-corrected chi connectivity index (χ2v) is 6.94. The van der Waals surface area contributed by atoms with E-state index in [0.29, 0.717) is 6.54 Å². The minimum Gasteiger partial charge on any atom is -0.337 e. The van der Waals surface area contributed by atoms with Gasteiger partial charge in [-0.25, -0.2) is 0 Å². The lowest BCUT2D eigenvalue weighted by Crippen LogP contribution is -2.25. The zero-order chi connectivity index (χ0) is 14.8. The van der Waals surface area contributed by atoms with E-state index < -0.39 is 0 Å². The molecule has 1 aromatic heterocycles. The van der Waals surface area contributed by atoms with Crippen LogP contribution in [0.5, 0.6) is 0 Å². The molecule has 0 unspecified atom stereocenters. The Hall–Kier alpha value is -1.65. The average Bonchev–Trinajstić information content (AvgIpc) is 2.92. The van der Waals surface area contributed by atoms with E-state index in [1.807, 2.05) is 61.6 Å². The third-order valence-corrected chi connectivity index (χ3v) is 4.95. The fourth-order valence-corrected chi connectivity index (χ4v) is 3.53. The van der Waals surface area contributed by atoms with Gasteiger partial charge >= 0.3 is 0 Å². The lowest BCUT2D eigenvalue weighted by atomic mass is 10.2. The summed E-state index contributed by atoms with van der Waals surface area (Å²) in [7, 11) is 1.84. The highest BCUT2D eigenvalue weighted by Crippen LogP contribution is 2.26. The van der Waals surface area contributed by atoms with Gasteiger partial charge in [-0.15, -0.1) is 11.3 Å². The van der Waals surface area contributed by atoms with Gasteiger partial charge in [0.15, 0.2) is 0 Å². The maximum atomic E-state index is 12.5. The molecule has 106 valence electrons. The first-order valence-corrected chi connectivity index (χ1v) is 8.23. The van der Waals surface area contributed by atoms with Crippen molar-refractivity contribution < 1.29 is 4.79 Å². The maximum absolute atomic E-state index is 12.5. The molecule has 0 aliphatic rings. The Labute approximate surface area is 136 Å². The molecule has 1 heterocycles. The molecule has 0 N–H and O–H groups in total. The number of nitrogens with zero attached hydrogens (tertiary/aromatic N) is 1. The van der Waals surface area contributed by atoms with E-state index in [4.69, 9.17) is 0 Å². The highest BCUT2D eigenvalue weighted by Gasteiger charge is 2.15. The number of halogens is 1. The summed E-state index contributed by atoms with van der Waals surface area (Å²) in [6, 6.07) is 18.1. The van der Waals surface area contributed by atoms with E-state index >= 15 is 0 Å². The fourth-order valence-electron chi connectivity index (χ4n) is 2.21. The Morgan fingerprint density at radius 1 is 1.14 bits per heavy atom. The smallest absolute Gasteiger partial charge is 0.264 e. The minimum atomic E-state index is 0.0686. The summed E-state index contributed by atoms with van der Waals surface area (Å²) < 4.78 is 2.20. The number of rotatable bonds is 3. The van der Waals surface area contributed by atoms with Crippen LogP contribution in [0.3, 0.4) is 0 Å². The van der Waals surface area contributed by atoms with Crippen LogP contribution in [-0.4, -0.2) is 17.9 Å². The first kappa shape index (κ1) is 14.3. The van der Waals surface area contributed by atoms with Crippen molar-refractivity contribution in [2.24, 2.45) is 0 Å². The van der Waals surface area contributed by atoms with Crippen molar-refractivity contribution >= 4 is 43.3 Å². The van der Waals surface area contributed by atoms with Crippen LogP contribution >= 0.6 is 27.3 Å². The van der Waals surface area contributed by atoms with E-state index in [1.54, 1.807) is 16.2 Å². The summed E-state index contributed by atoms with van der Waals surface area (Å²) in [6.45, 7) is 0.611. The first-order chi connectivity index (χ1) is 10.1. The van der Waals surface area contributed by atoms with Crippen LogP contribution in [0.2, 0.25) is 0 Å². The predicted molar refractivity (Wildman–Crippen MR) is 91.8 cm³/mol. The molecule has 4 heteroatoms. The second-order valence-electron chi connectivity index (χ2n) is 4.94. The molecule has 0 spiro atoms. The third-order valence-electron chi connectivity index (χ3n) is 3.32. The quantitative estimate of drug-likeness (QED) is 0.648. The standard InChI is InChI=1S/C17H14BrNOS/c1-19(11-12-6-8-14(18)9-7-12)17(20)16-10-13-4-2-3-5-15(13)21-16/h2-10H,11H2,1H3. The van der Waals surface area contributed by atoms with Crippen LogP contribution in [0.1, 0.15) is 15.2 Å². The third kappa shape index (κ3) is 3.17. The number of thiophene rings is 1. The number of carbonyl (C=O) groups is 1. The fraction of sp³-hybridized carbons (Fsp3) is 0.118. The van der Waals surface area contributed by atoms with Crippen molar-refractivity contribution in [3.05, 3.63) is 69.5 Å². The van der Waals surface area contributed by atoms with Crippen molar-refractivity contribution in [2.75, 3.05) is 7.05 Å². The molecule has 0 bridgehead atoms. The number of hydrogen-bond acceptors (Lipinski definition) is 2. The molecule has 0 saturated carbocycles. The monoisotopic (exact) mass is 359 g/mol. The topological polar surface area (TPSA) is 20.3 Å². The van der Waals surface area contributed by atoms with Gasteiger partial charge in [-0.2, -0.15) is 0 Å². The van der Waals surface area contributed by atoms with Crippen molar-refractivity contribution in [2.45, 2.75) is 6.54 Å². The van der Waals surface area contributed by atoms with Gasteiger partial charge in [-0.3, -0.25) is 4.79 Å². The van der Waals surface area contributed by atoms with Gasteiger partial charge in [0.05, 0.1) is 4.88 Å². The largest absolute Gasteiger partial charge is 0.337 e. The number of hydrogen-bond donors (Lipinski definition) is 0. The first-order valence-electron chi connectivity index (χ1n) is 6.62. The molecule has 0 fully saturated rings. The summed E-state index contributed by atoms with van der Waals surface area (Å²) in [5.41, 5.74) is 1.12. The Morgan fingerprint density at radius 2 is 1.86 bits per heavy atom. The zero-order valence-corrected chi connectivity index (χ0v) is 13.9. The summed E-state index contributed by atoms with van der Waals surface area (Å²) in [6.07, 6.45) is 0. The highest BCUT2D eigenvalue weighted by atomic mass is 79.9. The van der Waals surface area contributed by atoms with Gasteiger partial charge in [0, 0.05) is 22.8 Å². The van der Waals surface area contributed by atoms with Crippen LogP contribution in [0.15, 0.2) is 59.1 Å². The van der Waals surface area contributed by atoms with Gasteiger partial charge in [-0.05, 0) is 35.2 Å². The predicted octanol–water partition coefficient (Wildman–Crippen LogP) is 4.94. The van der Waals surface area contributed by atoms with Gasteiger partial charge in [0.25, 0.3) is 5.91 Å². The molecule has 0 saturated heterocycles. The highest BCUT2D eigenvalue weighted by molar-refractivity contribution is 9.10. The molecule has 21 heavy (non-hydrogen) atoms. The van der Waals surface area contributed by atoms with E-state index in [0.717, 1.165) is 25.0 Å². The van der Waals surface area contributed by atoms with E-state index in [2.05, 4.69) is 15.9 Å². The van der Waals surface area contributed by atoms with Crippen LogP contribution in [-0.2, 0) is 6.54 Å². The lowest BCUT2D eigenvalue weighted by Gasteiger charge is -2.16. The van der Waals surface area contributed by atoms with Crippen LogP contribution < -0.4 is 0 Å². The molecule has 3 aromatic rings. The maximum Gasteiger partial charge on any atom is 0.264 e. The van der Waals surface area contributed by atoms with E-state index in [-0.39, 0.29) is 5.91 Å². The molecule has 3 rings (SSSR count). The summed E-state index contributed by atoms with van der Waals surface area (Å²) in [5, 5.41) is 1.13. The van der Waals surface area contributed by atoms with Crippen LogP contribution in [0.25, 0.3) is 10.1 Å². The number of amides is 1. The van der Waals surface area contributed by atoms with Gasteiger partial charge in [-0.1, -0.05) is 46.3 Å². The van der Waals surface area contributed by atoms with E-state index in [9.17, 15) is 4.79 Å². The molecule has 0 atom stereocenters. The SMILES string of the molecule is CN(Cc1ccc(Br)cc1)C(=O)c1cc2ccccc2s1. The van der Waals surface area contributed by atoms with Gasteiger partial charge in [0.1, 0.15) is 0 Å². The Kier molecular flexibility index (Phi) is 4.08. The second kappa shape index (κ2) is 6.00. The minimum absolute atomic E-state index is 0.0686. The number of carbonyl (C=O) groups excluding carboxylic acids is 1.